The first-order chi connectivity index (χ1) is 8.49. The number of esters is 1. The Labute approximate surface area is 104 Å². The van der Waals surface area contributed by atoms with Crippen LogP contribution in [0.5, 0.6) is 0 Å². The second kappa shape index (κ2) is 4.38. The van der Waals surface area contributed by atoms with Gasteiger partial charge in [-0.25, -0.2) is 0 Å². The Morgan fingerprint density at radius 1 is 1.56 bits per heavy atom. The molecule has 2 atom stereocenters. The van der Waals surface area contributed by atoms with Gasteiger partial charge in [0.05, 0.1) is 11.5 Å². The van der Waals surface area contributed by atoms with Crippen molar-refractivity contribution in [3.05, 3.63) is 39.9 Å². The smallest absolute Gasteiger partial charge is 0.326 e. The zero-order valence-corrected chi connectivity index (χ0v) is 9.96. The molecule has 0 radical (unpaired) electrons. The Morgan fingerprint density at radius 2 is 2.17 bits per heavy atom. The number of carbonyl (C=O) groups excluding carboxylic acids is 1. The highest BCUT2D eigenvalue weighted by molar-refractivity contribution is 5.86. The monoisotopic (exact) mass is 250 g/mol. The number of carbonyl (C=O) groups is 1. The maximum atomic E-state index is 11.6. The van der Waals surface area contributed by atoms with Gasteiger partial charge in [0.15, 0.2) is 0 Å². The van der Waals surface area contributed by atoms with Crippen LogP contribution in [0, 0.1) is 10.1 Å². The zero-order chi connectivity index (χ0) is 13.3. The number of rotatable bonds is 4. The fourth-order valence-corrected chi connectivity index (χ4v) is 2.01. The lowest BCUT2D eigenvalue weighted by atomic mass is 10.1. The fourth-order valence-electron chi connectivity index (χ4n) is 2.01. The van der Waals surface area contributed by atoms with Crippen molar-refractivity contribution >= 4 is 11.7 Å². The third-order valence-corrected chi connectivity index (χ3v) is 3.17. The molecule has 0 amide bonds. The number of hydrogen-bond donors (Lipinski definition) is 1. The number of nitro benzene ring substituents is 1. The van der Waals surface area contributed by atoms with Gasteiger partial charge in [-0.15, -0.1) is 0 Å². The average molecular weight is 250 g/mol. The molecule has 96 valence electrons. The van der Waals surface area contributed by atoms with E-state index in [0.29, 0.717) is 13.0 Å². The van der Waals surface area contributed by atoms with Crippen LogP contribution < -0.4 is 5.73 Å². The van der Waals surface area contributed by atoms with Gasteiger partial charge >= 0.3 is 5.97 Å². The number of nitrogens with two attached hydrogens (primary N) is 1. The minimum Gasteiger partial charge on any atom is -0.465 e. The van der Waals surface area contributed by atoms with Gasteiger partial charge in [0.1, 0.15) is 5.54 Å². The van der Waals surface area contributed by atoms with Crippen molar-refractivity contribution in [2.45, 2.75) is 24.8 Å². The summed E-state index contributed by atoms with van der Waals surface area (Å²) in [6.45, 7) is 2.02. The predicted molar refractivity (Wildman–Crippen MR) is 64.0 cm³/mol. The molecule has 0 aromatic heterocycles. The highest BCUT2D eigenvalue weighted by Gasteiger charge is 2.59. The van der Waals surface area contributed by atoms with E-state index in [2.05, 4.69) is 0 Å². The van der Waals surface area contributed by atoms with Crippen molar-refractivity contribution in [2.75, 3.05) is 6.61 Å². The van der Waals surface area contributed by atoms with E-state index in [0.717, 1.165) is 5.56 Å². The van der Waals surface area contributed by atoms with Gasteiger partial charge in [0.25, 0.3) is 5.69 Å². The van der Waals surface area contributed by atoms with Gasteiger partial charge in [-0.2, -0.15) is 0 Å². The molecular formula is C12H14N2O4. The van der Waals surface area contributed by atoms with E-state index in [1.807, 2.05) is 0 Å². The van der Waals surface area contributed by atoms with E-state index in [1.54, 1.807) is 19.1 Å². The molecule has 0 saturated heterocycles. The molecule has 2 unspecified atom stereocenters. The van der Waals surface area contributed by atoms with E-state index in [4.69, 9.17) is 10.5 Å². The van der Waals surface area contributed by atoms with Crippen LogP contribution in [-0.2, 0) is 9.53 Å². The third-order valence-electron chi connectivity index (χ3n) is 3.17. The van der Waals surface area contributed by atoms with Crippen LogP contribution >= 0.6 is 0 Å². The molecule has 2 rings (SSSR count). The third kappa shape index (κ3) is 2.06. The molecule has 6 heteroatoms. The Balaban J connectivity index is 2.11. The lowest BCUT2D eigenvalue weighted by molar-refractivity contribution is -0.384. The van der Waals surface area contributed by atoms with Crippen LogP contribution in [-0.4, -0.2) is 23.0 Å². The van der Waals surface area contributed by atoms with Gasteiger partial charge in [-0.1, -0.05) is 12.1 Å². The Morgan fingerprint density at radius 3 is 2.67 bits per heavy atom. The molecule has 6 nitrogen and oxygen atoms in total. The predicted octanol–water partition coefficient (Wildman–Crippen LogP) is 1.34. The minimum atomic E-state index is -0.966. The van der Waals surface area contributed by atoms with E-state index in [9.17, 15) is 14.9 Å². The first kappa shape index (κ1) is 12.5. The highest BCUT2D eigenvalue weighted by atomic mass is 16.6. The highest BCUT2D eigenvalue weighted by Crippen LogP contribution is 2.50. The van der Waals surface area contributed by atoms with Gasteiger partial charge in [0, 0.05) is 18.1 Å². The first-order valence-electron chi connectivity index (χ1n) is 5.69. The van der Waals surface area contributed by atoms with E-state index >= 15 is 0 Å². The Kier molecular flexibility index (Phi) is 3.04. The van der Waals surface area contributed by atoms with Crippen molar-refractivity contribution in [3.63, 3.8) is 0 Å². The largest absolute Gasteiger partial charge is 0.465 e. The minimum absolute atomic E-state index is 0.0261. The molecule has 2 N–H and O–H groups in total. The lowest BCUT2D eigenvalue weighted by Gasteiger charge is -2.10. The van der Waals surface area contributed by atoms with Crippen LogP contribution in [0.1, 0.15) is 24.8 Å². The maximum Gasteiger partial charge on any atom is 0.326 e. The number of nitro groups is 1. The standard InChI is InChI=1S/C12H14N2O4/c1-2-18-11(15)12(13)7-10(12)8-3-5-9(6-4-8)14(16)17/h3-6,10H,2,7,13H2,1H3. The summed E-state index contributed by atoms with van der Waals surface area (Å²) in [5.74, 6) is -0.522. The molecule has 0 heterocycles. The van der Waals surface area contributed by atoms with Crippen molar-refractivity contribution in [3.8, 4) is 0 Å². The molecular weight excluding hydrogens is 236 g/mol. The van der Waals surface area contributed by atoms with Crippen molar-refractivity contribution in [1.29, 1.82) is 0 Å². The van der Waals surface area contributed by atoms with Crippen molar-refractivity contribution in [2.24, 2.45) is 5.73 Å². The molecule has 1 aliphatic carbocycles. The van der Waals surface area contributed by atoms with Gasteiger partial charge < -0.3 is 10.5 Å². The van der Waals surface area contributed by atoms with Crippen LogP contribution in [0.4, 0.5) is 5.69 Å². The summed E-state index contributed by atoms with van der Waals surface area (Å²) in [5, 5.41) is 10.5. The molecule has 0 aliphatic heterocycles. The van der Waals surface area contributed by atoms with Crippen LogP contribution in [0.2, 0.25) is 0 Å². The average Bonchev–Trinajstić information content (AvgIpc) is 3.04. The molecule has 1 fully saturated rings. The van der Waals surface area contributed by atoms with E-state index in [-0.39, 0.29) is 11.6 Å². The summed E-state index contributed by atoms with van der Waals surface area (Å²) < 4.78 is 4.91. The maximum absolute atomic E-state index is 11.6. The number of hydrogen-bond acceptors (Lipinski definition) is 5. The molecule has 18 heavy (non-hydrogen) atoms. The second-order valence-corrected chi connectivity index (χ2v) is 4.37. The molecule has 1 aromatic rings. The summed E-state index contributed by atoms with van der Waals surface area (Å²) in [4.78, 5) is 21.7. The lowest BCUT2D eigenvalue weighted by Crippen LogP contribution is -2.36. The Hall–Kier alpha value is -1.95. The quantitative estimate of drug-likeness (QED) is 0.494. The topological polar surface area (TPSA) is 95.5 Å². The van der Waals surface area contributed by atoms with Crippen LogP contribution in [0.15, 0.2) is 24.3 Å². The number of non-ortho nitro benzene ring substituents is 1. The van der Waals surface area contributed by atoms with E-state index < -0.39 is 16.4 Å². The number of ether oxygens (including phenoxy) is 1. The second-order valence-electron chi connectivity index (χ2n) is 4.37. The van der Waals surface area contributed by atoms with Crippen molar-refractivity contribution < 1.29 is 14.5 Å². The molecule has 1 saturated carbocycles. The summed E-state index contributed by atoms with van der Waals surface area (Å²) in [6.07, 6.45) is 0.518. The summed E-state index contributed by atoms with van der Waals surface area (Å²) >= 11 is 0. The molecule has 1 aliphatic rings. The van der Waals surface area contributed by atoms with Crippen molar-refractivity contribution in [1.82, 2.24) is 0 Å². The normalized spacial score (nSPS) is 25.6. The number of benzene rings is 1. The Bertz CT molecular complexity index is 485. The molecule has 0 spiro atoms. The summed E-state index contributed by atoms with van der Waals surface area (Å²) in [5.41, 5.74) is 5.83. The van der Waals surface area contributed by atoms with E-state index in [1.165, 1.54) is 12.1 Å². The zero-order valence-electron chi connectivity index (χ0n) is 9.96. The summed E-state index contributed by atoms with van der Waals surface area (Å²) in [6, 6.07) is 6.10. The SMILES string of the molecule is CCOC(=O)C1(N)CC1c1ccc([N+](=O)[O-])cc1. The first-order valence-corrected chi connectivity index (χ1v) is 5.69. The summed E-state index contributed by atoms with van der Waals surface area (Å²) in [7, 11) is 0. The van der Waals surface area contributed by atoms with Crippen LogP contribution in [0.25, 0.3) is 0 Å². The van der Waals surface area contributed by atoms with Gasteiger partial charge in [-0.3, -0.25) is 14.9 Å². The molecule has 1 aromatic carbocycles. The number of nitrogens with zero attached hydrogens (tertiary/aromatic N) is 1. The van der Waals surface area contributed by atoms with Gasteiger partial charge in [-0.05, 0) is 18.9 Å². The molecule has 0 bridgehead atoms. The van der Waals surface area contributed by atoms with Gasteiger partial charge in [0.2, 0.25) is 0 Å². The van der Waals surface area contributed by atoms with Crippen LogP contribution in [0.3, 0.4) is 0 Å². The fraction of sp³-hybridized carbons (Fsp3) is 0.417.